The maximum Gasteiger partial charge on any atom is 0.231 e. The summed E-state index contributed by atoms with van der Waals surface area (Å²) in [6, 6.07) is 21.4. The van der Waals surface area contributed by atoms with Gasteiger partial charge in [-0.1, -0.05) is 61.7 Å². The first-order chi connectivity index (χ1) is 17.2. The van der Waals surface area contributed by atoms with E-state index >= 15 is 0 Å². The highest BCUT2D eigenvalue weighted by atomic mass is 16.3. The Morgan fingerprint density at radius 2 is 1.66 bits per heavy atom. The van der Waals surface area contributed by atoms with Crippen LogP contribution in [0.2, 0.25) is 0 Å². The smallest absolute Gasteiger partial charge is 0.231 e. The molecule has 3 aromatic rings. The minimum Gasteiger partial charge on any atom is -0.469 e. The summed E-state index contributed by atoms with van der Waals surface area (Å²) in [5, 5.41) is 3.59. The molecule has 3 aliphatic rings. The van der Waals surface area contributed by atoms with E-state index < -0.39 is 6.04 Å². The van der Waals surface area contributed by atoms with Gasteiger partial charge in [-0.3, -0.25) is 14.5 Å². The number of furan rings is 1. The lowest BCUT2D eigenvalue weighted by Gasteiger charge is -2.37. The monoisotopic (exact) mass is 466 g/mol. The number of Topliss-reactive ketones (excluding diaryl/α,β-unsaturated/α-hetero) is 1. The summed E-state index contributed by atoms with van der Waals surface area (Å²) in [6.07, 6.45) is 7.87. The van der Waals surface area contributed by atoms with Crippen LogP contribution in [0.15, 0.2) is 88.7 Å². The summed E-state index contributed by atoms with van der Waals surface area (Å²) in [7, 11) is 0. The van der Waals surface area contributed by atoms with Crippen LogP contribution in [0.3, 0.4) is 0 Å². The molecule has 1 saturated carbocycles. The Labute approximate surface area is 205 Å². The van der Waals surface area contributed by atoms with Crippen molar-refractivity contribution < 1.29 is 14.0 Å². The summed E-state index contributed by atoms with van der Waals surface area (Å²) < 4.78 is 5.68. The molecule has 2 aliphatic carbocycles. The predicted molar refractivity (Wildman–Crippen MR) is 136 cm³/mol. The van der Waals surface area contributed by atoms with E-state index in [9.17, 15) is 9.59 Å². The number of nitrogens with one attached hydrogen (secondary N) is 1. The number of rotatable bonds is 3. The zero-order valence-corrected chi connectivity index (χ0v) is 19.8. The number of allylic oxidation sites excluding steroid dienone is 1. The normalized spacial score (nSPS) is 22.7. The summed E-state index contributed by atoms with van der Waals surface area (Å²) in [5.74, 6) is 0.994. The van der Waals surface area contributed by atoms with E-state index in [0.29, 0.717) is 18.4 Å². The minimum absolute atomic E-state index is 0.0141. The molecule has 0 radical (unpaired) electrons. The molecule has 0 unspecified atom stereocenters. The van der Waals surface area contributed by atoms with E-state index in [1.165, 1.54) is 6.42 Å². The number of nitrogens with zero attached hydrogens (tertiary/aromatic N) is 1. The highest BCUT2D eigenvalue weighted by Crippen LogP contribution is 2.48. The number of hydrogen-bond acceptors (Lipinski definition) is 4. The summed E-state index contributed by atoms with van der Waals surface area (Å²) >= 11 is 0. The van der Waals surface area contributed by atoms with Crippen molar-refractivity contribution in [2.24, 2.45) is 5.92 Å². The van der Waals surface area contributed by atoms with Crippen LogP contribution in [0.5, 0.6) is 0 Å². The van der Waals surface area contributed by atoms with E-state index in [1.807, 2.05) is 71.6 Å². The van der Waals surface area contributed by atoms with E-state index in [0.717, 1.165) is 54.1 Å². The average molecular weight is 467 g/mol. The molecule has 6 rings (SSSR count). The molecule has 0 spiro atoms. The highest BCUT2D eigenvalue weighted by molar-refractivity contribution is 6.07. The molecule has 0 bridgehead atoms. The first-order valence-electron chi connectivity index (χ1n) is 12.7. The van der Waals surface area contributed by atoms with Gasteiger partial charge in [-0.2, -0.15) is 0 Å². The first kappa shape index (κ1) is 21.9. The van der Waals surface area contributed by atoms with E-state index in [2.05, 4.69) is 5.32 Å². The van der Waals surface area contributed by atoms with Crippen molar-refractivity contribution in [3.8, 4) is 0 Å². The van der Waals surface area contributed by atoms with Gasteiger partial charge < -0.3 is 9.73 Å². The summed E-state index contributed by atoms with van der Waals surface area (Å²) in [4.78, 5) is 30.1. The molecule has 5 heteroatoms. The molecule has 178 valence electrons. The van der Waals surface area contributed by atoms with Gasteiger partial charge in [0.15, 0.2) is 5.78 Å². The largest absolute Gasteiger partial charge is 0.469 e. The minimum atomic E-state index is -0.457. The molecule has 2 aromatic carbocycles. The molecule has 2 atom stereocenters. The second-order valence-corrected chi connectivity index (χ2v) is 9.93. The average Bonchev–Trinajstić information content (AvgIpc) is 3.39. The van der Waals surface area contributed by atoms with Gasteiger partial charge in [0.05, 0.1) is 23.7 Å². The fourth-order valence-electron chi connectivity index (χ4n) is 6.05. The molecule has 1 N–H and O–H groups in total. The maximum absolute atomic E-state index is 14.2. The molecule has 1 amide bonds. The number of carbonyl (C=O) groups excluding carboxylic acids is 2. The van der Waals surface area contributed by atoms with Crippen molar-refractivity contribution in [3.63, 3.8) is 0 Å². The first-order valence-corrected chi connectivity index (χ1v) is 12.7. The highest BCUT2D eigenvalue weighted by Gasteiger charge is 2.43. The van der Waals surface area contributed by atoms with E-state index in [4.69, 9.17) is 4.42 Å². The van der Waals surface area contributed by atoms with Crippen molar-refractivity contribution in [1.29, 1.82) is 0 Å². The predicted octanol–water partition coefficient (Wildman–Crippen LogP) is 6.76. The molecule has 2 heterocycles. The molecular formula is C30H30N2O3. The fourth-order valence-corrected chi connectivity index (χ4v) is 6.05. The van der Waals surface area contributed by atoms with Crippen LogP contribution in [0.25, 0.3) is 0 Å². The van der Waals surface area contributed by atoms with Gasteiger partial charge in [-0.25, -0.2) is 0 Å². The van der Waals surface area contributed by atoms with Crippen molar-refractivity contribution in [2.45, 2.75) is 56.9 Å². The van der Waals surface area contributed by atoms with Gasteiger partial charge in [-0.15, -0.1) is 0 Å². The number of benzene rings is 2. The van der Waals surface area contributed by atoms with Gasteiger partial charge in [-0.05, 0) is 49.1 Å². The Bertz CT molecular complexity index is 1260. The summed E-state index contributed by atoms with van der Waals surface area (Å²) in [5.41, 5.74) is 4.28. The molecular weight excluding hydrogens is 436 g/mol. The van der Waals surface area contributed by atoms with Gasteiger partial charge in [0.25, 0.3) is 0 Å². The van der Waals surface area contributed by atoms with Gasteiger partial charge in [0.2, 0.25) is 5.91 Å². The number of fused-ring (bicyclic) bond motifs is 1. The Morgan fingerprint density at radius 3 is 2.43 bits per heavy atom. The van der Waals surface area contributed by atoms with Crippen molar-refractivity contribution in [2.75, 3.05) is 10.2 Å². The standard InChI is InChI=1S/C30H30N2O3/c33-26-19-22(27-16-9-17-35-27)18-24-28(26)29(20-10-3-1-4-11-20)32(25-15-8-7-14-23(25)31-24)30(34)21-12-5-2-6-13-21/h1,3-4,7-11,14-17,21-22,29,31H,2,5-6,12-13,18-19H2/t22-,29+/m1/s1. The van der Waals surface area contributed by atoms with Crippen molar-refractivity contribution >= 4 is 23.1 Å². The van der Waals surface area contributed by atoms with Crippen LogP contribution in [0.1, 0.15) is 68.2 Å². The molecule has 1 aromatic heterocycles. The number of anilines is 2. The third-order valence-corrected chi connectivity index (χ3v) is 7.74. The third kappa shape index (κ3) is 3.99. The Kier molecular flexibility index (Phi) is 5.77. The number of hydrogen-bond donors (Lipinski definition) is 1. The zero-order chi connectivity index (χ0) is 23.8. The quantitative estimate of drug-likeness (QED) is 0.463. The van der Waals surface area contributed by atoms with Gasteiger partial charge in [0.1, 0.15) is 5.76 Å². The van der Waals surface area contributed by atoms with Gasteiger partial charge in [0, 0.05) is 29.5 Å². The molecule has 5 nitrogen and oxygen atoms in total. The van der Waals surface area contributed by atoms with Crippen molar-refractivity contribution in [3.05, 3.63) is 95.6 Å². The maximum atomic E-state index is 14.2. The fraction of sp³-hybridized carbons (Fsp3) is 0.333. The Hall–Kier alpha value is -3.60. The lowest BCUT2D eigenvalue weighted by Crippen LogP contribution is -2.42. The zero-order valence-electron chi connectivity index (χ0n) is 19.8. The topological polar surface area (TPSA) is 62.6 Å². The number of carbonyl (C=O) groups is 2. The van der Waals surface area contributed by atoms with Crippen LogP contribution < -0.4 is 10.2 Å². The summed E-state index contributed by atoms with van der Waals surface area (Å²) in [6.45, 7) is 0. The van der Waals surface area contributed by atoms with Crippen molar-refractivity contribution in [1.82, 2.24) is 0 Å². The number of para-hydroxylation sites is 2. The van der Waals surface area contributed by atoms with Crippen LogP contribution in [-0.2, 0) is 9.59 Å². The lowest BCUT2D eigenvalue weighted by atomic mass is 9.79. The number of amides is 1. The van der Waals surface area contributed by atoms with Crippen LogP contribution in [0.4, 0.5) is 11.4 Å². The molecule has 0 saturated heterocycles. The Balaban J connectivity index is 1.53. The number of ketones is 1. The lowest BCUT2D eigenvalue weighted by molar-refractivity contribution is -0.123. The Morgan fingerprint density at radius 1 is 0.886 bits per heavy atom. The molecule has 35 heavy (non-hydrogen) atoms. The SMILES string of the molecule is O=C1C[C@H](c2ccco2)CC2=C1[C@H](c1ccccc1)N(C(=O)C1CCCCC1)c1ccccc1N2. The second-order valence-electron chi connectivity index (χ2n) is 9.93. The van der Waals surface area contributed by atoms with Gasteiger partial charge >= 0.3 is 0 Å². The van der Waals surface area contributed by atoms with E-state index in [1.54, 1.807) is 6.26 Å². The molecule has 1 aliphatic heterocycles. The molecule has 1 fully saturated rings. The van der Waals surface area contributed by atoms with E-state index in [-0.39, 0.29) is 23.5 Å². The van der Waals surface area contributed by atoms with Crippen LogP contribution in [-0.4, -0.2) is 11.7 Å². The van der Waals surface area contributed by atoms with Crippen LogP contribution in [0, 0.1) is 5.92 Å². The van der Waals surface area contributed by atoms with Crippen LogP contribution >= 0.6 is 0 Å². The second kappa shape index (κ2) is 9.21. The third-order valence-electron chi connectivity index (χ3n) is 7.74.